The smallest absolute Gasteiger partial charge is 0.308 e. The molecule has 3 unspecified atom stereocenters. The van der Waals surface area contributed by atoms with Crippen molar-refractivity contribution in [2.75, 3.05) is 0 Å². The molecule has 2 aliphatic rings. The zero-order valence-corrected chi connectivity index (χ0v) is 11.5. The van der Waals surface area contributed by atoms with Crippen LogP contribution in [0, 0.1) is 5.92 Å². The molecule has 21 heavy (non-hydrogen) atoms. The molecule has 5 nitrogen and oxygen atoms in total. The van der Waals surface area contributed by atoms with Crippen molar-refractivity contribution in [1.82, 2.24) is 9.88 Å². The van der Waals surface area contributed by atoms with Crippen LogP contribution in [0.5, 0.6) is 0 Å². The van der Waals surface area contributed by atoms with E-state index in [1.807, 2.05) is 35.4 Å². The Balaban J connectivity index is 1.67. The summed E-state index contributed by atoms with van der Waals surface area (Å²) in [6.45, 7) is 0. The first kappa shape index (κ1) is 12.4. The van der Waals surface area contributed by atoms with E-state index < -0.39 is 11.9 Å². The number of hydrogen-bond acceptors (Lipinski definition) is 2. The SMILES string of the molecule is O=C(O)C1CC2CCC1N2C(=O)c1ccc2[nH]ccc2c1. The van der Waals surface area contributed by atoms with E-state index >= 15 is 0 Å². The van der Waals surface area contributed by atoms with Gasteiger partial charge in [-0.05, 0) is 43.5 Å². The topological polar surface area (TPSA) is 73.4 Å². The van der Waals surface area contributed by atoms with Crippen molar-refractivity contribution in [1.29, 1.82) is 0 Å². The lowest BCUT2D eigenvalue weighted by Gasteiger charge is -2.23. The monoisotopic (exact) mass is 284 g/mol. The van der Waals surface area contributed by atoms with Gasteiger partial charge in [0.15, 0.2) is 0 Å². The minimum Gasteiger partial charge on any atom is -0.481 e. The third-order valence-corrected chi connectivity index (χ3v) is 4.89. The largest absolute Gasteiger partial charge is 0.481 e. The second-order valence-corrected chi connectivity index (χ2v) is 5.97. The molecule has 108 valence electrons. The van der Waals surface area contributed by atoms with E-state index in [1.165, 1.54) is 0 Å². The Kier molecular flexibility index (Phi) is 2.58. The number of aromatic nitrogens is 1. The first-order valence-corrected chi connectivity index (χ1v) is 7.28. The Morgan fingerprint density at radius 3 is 2.86 bits per heavy atom. The van der Waals surface area contributed by atoms with Gasteiger partial charge < -0.3 is 15.0 Å². The van der Waals surface area contributed by atoms with Crippen LogP contribution in [0.1, 0.15) is 29.6 Å². The van der Waals surface area contributed by atoms with E-state index in [4.69, 9.17) is 0 Å². The number of carboxylic acids is 1. The first-order chi connectivity index (χ1) is 10.1. The molecule has 4 rings (SSSR count). The number of amides is 1. The molecule has 2 fully saturated rings. The molecular weight excluding hydrogens is 268 g/mol. The van der Waals surface area contributed by atoms with Gasteiger partial charge in [-0.25, -0.2) is 0 Å². The summed E-state index contributed by atoms with van der Waals surface area (Å²) in [4.78, 5) is 29.0. The number of rotatable bonds is 2. The van der Waals surface area contributed by atoms with Crippen molar-refractivity contribution in [3.63, 3.8) is 0 Å². The van der Waals surface area contributed by atoms with Crippen LogP contribution in [-0.2, 0) is 4.79 Å². The van der Waals surface area contributed by atoms with Gasteiger partial charge in [0.1, 0.15) is 0 Å². The van der Waals surface area contributed by atoms with Crippen LogP contribution in [0.3, 0.4) is 0 Å². The maximum absolute atomic E-state index is 12.8. The molecule has 1 aromatic heterocycles. The summed E-state index contributed by atoms with van der Waals surface area (Å²) in [5, 5.41) is 10.3. The lowest BCUT2D eigenvalue weighted by atomic mass is 9.89. The van der Waals surface area contributed by atoms with Gasteiger partial charge in [0, 0.05) is 34.7 Å². The van der Waals surface area contributed by atoms with Gasteiger partial charge in [-0.2, -0.15) is 0 Å². The van der Waals surface area contributed by atoms with Crippen LogP contribution >= 0.6 is 0 Å². The third kappa shape index (κ3) is 1.77. The molecule has 1 aromatic carbocycles. The lowest BCUT2D eigenvalue weighted by molar-refractivity contribution is -0.142. The molecule has 2 N–H and O–H groups in total. The van der Waals surface area contributed by atoms with E-state index in [9.17, 15) is 14.7 Å². The Morgan fingerprint density at radius 1 is 1.24 bits per heavy atom. The predicted molar refractivity (Wildman–Crippen MR) is 77.0 cm³/mol. The van der Waals surface area contributed by atoms with Crippen molar-refractivity contribution in [3.05, 3.63) is 36.0 Å². The Hall–Kier alpha value is -2.30. The lowest BCUT2D eigenvalue weighted by Crippen LogP contribution is -2.37. The maximum atomic E-state index is 12.8. The van der Waals surface area contributed by atoms with Crippen molar-refractivity contribution in [2.45, 2.75) is 31.3 Å². The number of nitrogens with zero attached hydrogens (tertiary/aromatic N) is 1. The molecule has 0 saturated carbocycles. The minimum absolute atomic E-state index is 0.0330. The average Bonchev–Trinajstić information content (AvgIpc) is 3.19. The molecule has 0 radical (unpaired) electrons. The van der Waals surface area contributed by atoms with Crippen LogP contribution in [0.25, 0.3) is 10.9 Å². The van der Waals surface area contributed by atoms with Gasteiger partial charge in [-0.1, -0.05) is 0 Å². The van der Waals surface area contributed by atoms with Gasteiger partial charge in [0.25, 0.3) is 5.91 Å². The van der Waals surface area contributed by atoms with Gasteiger partial charge >= 0.3 is 5.97 Å². The summed E-state index contributed by atoms with van der Waals surface area (Å²) in [5.74, 6) is -1.21. The molecular formula is C16H16N2O3. The van der Waals surface area contributed by atoms with Crippen LogP contribution in [0.2, 0.25) is 0 Å². The van der Waals surface area contributed by atoms with Crippen molar-refractivity contribution >= 4 is 22.8 Å². The van der Waals surface area contributed by atoms with E-state index in [-0.39, 0.29) is 18.0 Å². The summed E-state index contributed by atoms with van der Waals surface area (Å²) in [5.41, 5.74) is 1.64. The number of aromatic amines is 1. The Labute approximate surface area is 121 Å². The van der Waals surface area contributed by atoms with Crippen molar-refractivity contribution in [3.8, 4) is 0 Å². The summed E-state index contributed by atoms with van der Waals surface area (Å²) in [7, 11) is 0. The number of H-pyrrole nitrogens is 1. The number of carbonyl (C=O) groups excluding carboxylic acids is 1. The zero-order valence-electron chi connectivity index (χ0n) is 11.5. The van der Waals surface area contributed by atoms with E-state index in [1.54, 1.807) is 0 Å². The number of aliphatic carboxylic acids is 1. The highest BCUT2D eigenvalue weighted by molar-refractivity contribution is 5.99. The highest BCUT2D eigenvalue weighted by Gasteiger charge is 2.51. The molecule has 3 atom stereocenters. The number of carboxylic acid groups (broad SMARTS) is 1. The number of fused-ring (bicyclic) bond motifs is 3. The molecule has 5 heteroatoms. The van der Waals surface area contributed by atoms with Crippen LogP contribution < -0.4 is 0 Å². The third-order valence-electron chi connectivity index (χ3n) is 4.89. The van der Waals surface area contributed by atoms with Crippen molar-refractivity contribution < 1.29 is 14.7 Å². The molecule has 2 bridgehead atoms. The van der Waals surface area contributed by atoms with E-state index in [0.29, 0.717) is 12.0 Å². The molecule has 3 heterocycles. The molecule has 2 saturated heterocycles. The number of nitrogens with one attached hydrogen (secondary N) is 1. The Morgan fingerprint density at radius 2 is 2.10 bits per heavy atom. The number of benzene rings is 1. The second-order valence-electron chi connectivity index (χ2n) is 5.97. The molecule has 0 aliphatic carbocycles. The zero-order chi connectivity index (χ0) is 14.6. The van der Waals surface area contributed by atoms with Crippen LogP contribution in [0.4, 0.5) is 0 Å². The van der Waals surface area contributed by atoms with E-state index in [0.717, 1.165) is 23.7 Å². The fourth-order valence-electron chi connectivity index (χ4n) is 3.91. The first-order valence-electron chi connectivity index (χ1n) is 7.28. The number of carbonyl (C=O) groups is 2. The summed E-state index contributed by atoms with van der Waals surface area (Å²) in [6, 6.07) is 7.48. The average molecular weight is 284 g/mol. The predicted octanol–water partition coefficient (Wildman–Crippen LogP) is 2.25. The maximum Gasteiger partial charge on any atom is 0.308 e. The normalized spacial score (nSPS) is 27.4. The highest BCUT2D eigenvalue weighted by atomic mass is 16.4. The fraction of sp³-hybridized carbons (Fsp3) is 0.375. The second kappa shape index (κ2) is 4.35. The Bertz CT molecular complexity index is 736. The van der Waals surface area contributed by atoms with Crippen LogP contribution in [0.15, 0.2) is 30.5 Å². The van der Waals surface area contributed by atoms with Gasteiger partial charge in [0.05, 0.1) is 5.92 Å². The van der Waals surface area contributed by atoms with Gasteiger partial charge in [0.2, 0.25) is 0 Å². The van der Waals surface area contributed by atoms with Crippen molar-refractivity contribution in [2.24, 2.45) is 5.92 Å². The van der Waals surface area contributed by atoms with Gasteiger partial charge in [-0.15, -0.1) is 0 Å². The summed E-state index contributed by atoms with van der Waals surface area (Å²) >= 11 is 0. The molecule has 2 aliphatic heterocycles. The number of hydrogen-bond donors (Lipinski definition) is 2. The quantitative estimate of drug-likeness (QED) is 0.888. The molecule has 1 amide bonds. The fourth-order valence-corrected chi connectivity index (χ4v) is 3.91. The minimum atomic E-state index is -0.777. The summed E-state index contributed by atoms with van der Waals surface area (Å²) in [6.07, 6.45) is 4.17. The van der Waals surface area contributed by atoms with E-state index in [2.05, 4.69) is 4.98 Å². The summed E-state index contributed by atoms with van der Waals surface area (Å²) < 4.78 is 0. The highest BCUT2D eigenvalue weighted by Crippen LogP contribution is 2.42. The molecule has 0 spiro atoms. The standard InChI is InChI=1S/C16H16N2O3/c19-15(10-1-3-13-9(7-10)5-6-17-13)18-11-2-4-14(18)12(8-11)16(20)21/h1,3,5-7,11-12,14,17H,2,4,8H2,(H,20,21). The van der Waals surface area contributed by atoms with Crippen LogP contribution in [-0.4, -0.2) is 39.0 Å². The molecule has 2 aromatic rings. The van der Waals surface area contributed by atoms with Gasteiger partial charge in [-0.3, -0.25) is 9.59 Å².